The van der Waals surface area contributed by atoms with E-state index in [0.29, 0.717) is 0 Å². The summed E-state index contributed by atoms with van der Waals surface area (Å²) in [5.41, 5.74) is 0. The summed E-state index contributed by atoms with van der Waals surface area (Å²) in [5.74, 6) is 0. The van der Waals surface area contributed by atoms with E-state index in [2.05, 4.69) is 0 Å². The molecule has 0 aromatic carbocycles. The zero-order valence-electron chi connectivity index (χ0n) is 2.29. The summed E-state index contributed by atoms with van der Waals surface area (Å²) in [7, 11) is 4.76. The molecule has 0 rings (SSSR count). The van der Waals surface area contributed by atoms with Gasteiger partial charge in [0.25, 0.3) is 0 Å². The Kier molecular flexibility index (Phi) is 96.5. The Bertz CT molecular complexity index is 8.00. The Morgan fingerprint density at radius 3 is 1.25 bits per heavy atom. The van der Waals surface area contributed by atoms with Crippen LogP contribution in [0.1, 0.15) is 0 Å². The Hall–Kier alpha value is 1.69. The first-order chi connectivity index (χ1) is 1.00. The second-order valence-corrected chi connectivity index (χ2v) is 0. The standard InChI is InChI=1S/ClH.H3P.H2S.Zn/h1H;1H3;1H2;/q;;;+1/p-1. The fourth-order valence-corrected chi connectivity index (χ4v) is 0. The molecule has 1 unspecified atom stereocenters. The van der Waals surface area contributed by atoms with Gasteiger partial charge in [0.1, 0.15) is 0 Å². The van der Waals surface area contributed by atoms with Gasteiger partial charge in [0.2, 0.25) is 0 Å². The molecule has 0 nitrogen and oxygen atoms in total. The normalized spacial score (nSPS) is 1.75. The van der Waals surface area contributed by atoms with Gasteiger partial charge >= 0.3 is 27.0 Å². The van der Waals surface area contributed by atoms with Crippen molar-refractivity contribution in [3.63, 3.8) is 0 Å². The fourth-order valence-electron chi connectivity index (χ4n) is 0. The molecule has 0 bridgehead atoms. The van der Waals surface area contributed by atoms with E-state index in [1.54, 1.807) is 0 Å². The molecule has 0 aromatic heterocycles. The molecule has 4 heteroatoms. The maximum absolute atomic E-state index is 4.76. The molecule has 0 aromatic rings. The predicted molar refractivity (Wildman–Crippen MR) is 27.3 cm³/mol. The van der Waals surface area contributed by atoms with Crippen molar-refractivity contribution in [3.8, 4) is 0 Å². The first-order valence-electron chi connectivity index (χ1n) is 0.267. The summed E-state index contributed by atoms with van der Waals surface area (Å²) in [6, 6.07) is 0. The minimum absolute atomic E-state index is 0. The third kappa shape index (κ3) is 9.34. The van der Waals surface area contributed by atoms with Gasteiger partial charge in [-0.1, -0.05) is 0 Å². The van der Waals surface area contributed by atoms with E-state index in [0.717, 1.165) is 17.3 Å². The van der Waals surface area contributed by atoms with Crippen molar-refractivity contribution < 1.29 is 17.3 Å². The molecule has 0 saturated carbocycles. The van der Waals surface area contributed by atoms with Crippen molar-refractivity contribution in [3.05, 3.63) is 0 Å². The zero-order chi connectivity index (χ0) is 2.00. The molecule has 0 radical (unpaired) electrons. The van der Waals surface area contributed by atoms with Crippen LogP contribution in [0.15, 0.2) is 0 Å². The van der Waals surface area contributed by atoms with E-state index in [1.807, 2.05) is 0 Å². The maximum atomic E-state index is 4.76. The average molecular weight is 169 g/mol. The van der Waals surface area contributed by atoms with Gasteiger partial charge in [-0.25, -0.2) is 0 Å². The fraction of sp³-hybridized carbons (Fsp3) is 0. The Labute approximate surface area is 50.5 Å². The molecular weight excluding hydrogens is 164 g/mol. The van der Waals surface area contributed by atoms with Crippen molar-refractivity contribution in [2.75, 3.05) is 0 Å². The van der Waals surface area contributed by atoms with Crippen LogP contribution in [-0.4, -0.2) is 0 Å². The van der Waals surface area contributed by atoms with Crippen LogP contribution in [0.4, 0.5) is 0 Å². The van der Waals surface area contributed by atoms with Crippen molar-refractivity contribution in [1.29, 1.82) is 0 Å². The van der Waals surface area contributed by atoms with E-state index in [-0.39, 0.29) is 23.4 Å². The van der Waals surface area contributed by atoms with Crippen LogP contribution >= 0.6 is 33.1 Å². The first kappa shape index (κ1) is 17.3. The zero-order valence-corrected chi connectivity index (χ0v) is 8.43. The van der Waals surface area contributed by atoms with Crippen molar-refractivity contribution in [1.82, 2.24) is 0 Å². The van der Waals surface area contributed by atoms with Gasteiger partial charge in [0.05, 0.1) is 0 Å². The van der Waals surface area contributed by atoms with Gasteiger partial charge in [-0.05, 0) is 0 Å². The molecule has 0 saturated heterocycles. The monoisotopic (exact) mass is 167 g/mol. The summed E-state index contributed by atoms with van der Waals surface area (Å²) < 4.78 is 0. The van der Waals surface area contributed by atoms with Crippen LogP contribution < -0.4 is 0 Å². The van der Waals surface area contributed by atoms with E-state index in [1.165, 1.54) is 0 Å². The van der Waals surface area contributed by atoms with Crippen molar-refractivity contribution in [2.24, 2.45) is 0 Å². The number of rotatable bonds is 0. The van der Waals surface area contributed by atoms with E-state index < -0.39 is 0 Å². The minimum atomic E-state index is 0. The second-order valence-electron chi connectivity index (χ2n) is 0. The summed E-state index contributed by atoms with van der Waals surface area (Å²) in [6.45, 7) is 0. The molecule has 0 aliphatic heterocycles. The number of halogens is 1. The molecule has 0 N–H and O–H groups in total. The van der Waals surface area contributed by atoms with Crippen LogP contribution in [0.2, 0.25) is 0 Å². The molecular formula is H5ClPSZn. The van der Waals surface area contributed by atoms with Crippen LogP contribution in [0.5, 0.6) is 0 Å². The van der Waals surface area contributed by atoms with Gasteiger partial charge < -0.3 is 0 Å². The van der Waals surface area contributed by atoms with Gasteiger partial charge in [-0.15, -0.1) is 0 Å². The molecule has 1 atom stereocenters. The molecule has 0 fully saturated rings. The SMILES string of the molecule is P.S.[Cl][Zn]. The van der Waals surface area contributed by atoms with Gasteiger partial charge in [0, 0.05) is 0 Å². The molecule has 4 heavy (non-hydrogen) atoms. The first-order valence-corrected chi connectivity index (χ1v) is 4.17. The molecule has 25 valence electrons. The van der Waals surface area contributed by atoms with Gasteiger partial charge in [-0.3, -0.25) is 0 Å². The van der Waals surface area contributed by atoms with E-state index in [4.69, 9.17) is 9.69 Å². The quantitative estimate of drug-likeness (QED) is 0.372. The Morgan fingerprint density at radius 2 is 1.25 bits per heavy atom. The second kappa shape index (κ2) is 22.3. The topological polar surface area (TPSA) is 0 Å². The van der Waals surface area contributed by atoms with E-state index in [9.17, 15) is 0 Å². The van der Waals surface area contributed by atoms with Crippen molar-refractivity contribution in [2.45, 2.75) is 0 Å². The summed E-state index contributed by atoms with van der Waals surface area (Å²) in [4.78, 5) is 0. The summed E-state index contributed by atoms with van der Waals surface area (Å²) in [5, 5.41) is 0. The number of hydrogen-bond acceptors (Lipinski definition) is 0. The van der Waals surface area contributed by atoms with Gasteiger partial charge in [-0.2, -0.15) is 23.4 Å². The predicted octanol–water partition coefficient (Wildman–Crippen LogP) is 0.858. The Morgan fingerprint density at radius 1 is 1.25 bits per heavy atom. The molecule has 0 aliphatic carbocycles. The Balaban J connectivity index is -0.00000000500. The third-order valence-corrected chi connectivity index (χ3v) is 0. The molecule has 0 spiro atoms. The summed E-state index contributed by atoms with van der Waals surface area (Å²) in [6.07, 6.45) is 0. The molecule has 0 aliphatic rings. The van der Waals surface area contributed by atoms with Crippen LogP contribution in [0.3, 0.4) is 0 Å². The third-order valence-electron chi connectivity index (χ3n) is 0. The van der Waals surface area contributed by atoms with Crippen LogP contribution in [0, 0.1) is 0 Å². The van der Waals surface area contributed by atoms with E-state index >= 15 is 0 Å². The number of hydrogen-bond donors (Lipinski definition) is 0. The average Bonchev–Trinajstić information content (AvgIpc) is 1.00. The molecule has 0 amide bonds. The summed E-state index contributed by atoms with van der Waals surface area (Å²) >= 11 is 0.847. The molecule has 0 heterocycles. The van der Waals surface area contributed by atoms with Gasteiger partial charge in [0.15, 0.2) is 0 Å². The van der Waals surface area contributed by atoms with Crippen LogP contribution in [-0.2, 0) is 17.3 Å². The van der Waals surface area contributed by atoms with Crippen LogP contribution in [0.25, 0.3) is 0 Å². The van der Waals surface area contributed by atoms with Crippen molar-refractivity contribution >= 4 is 33.1 Å².